The summed E-state index contributed by atoms with van der Waals surface area (Å²) in [6, 6.07) is 5.98. The molecule has 0 saturated carbocycles. The summed E-state index contributed by atoms with van der Waals surface area (Å²) in [6.45, 7) is 3.50. The van der Waals surface area contributed by atoms with E-state index in [1.165, 1.54) is 23.7 Å². The zero-order valence-corrected chi connectivity index (χ0v) is 13.8. The Balaban J connectivity index is 2.01. The molecular weight excluding hydrogens is 394 g/mol. The average molecular weight is 406 g/mol. The number of ether oxygens (including phenoxy) is 1. The Morgan fingerprint density at radius 2 is 2.30 bits per heavy atom. The molecule has 106 valence electrons. The summed E-state index contributed by atoms with van der Waals surface area (Å²) < 4.78 is 23.4. The van der Waals surface area contributed by atoms with Crippen LogP contribution in [0.2, 0.25) is 0 Å². The van der Waals surface area contributed by atoms with Crippen LogP contribution >= 0.6 is 34.1 Å². The molecule has 2 rings (SSSR count). The summed E-state index contributed by atoms with van der Waals surface area (Å²) in [6.07, 6.45) is -1.11. The van der Waals surface area contributed by atoms with Crippen molar-refractivity contribution < 1.29 is 13.9 Å². The number of carbonyl (C=O) groups excluding carboxylic acids is 1. The Bertz CT molecular complexity index is 613. The second kappa shape index (κ2) is 6.49. The first-order chi connectivity index (χ1) is 9.47. The number of carbonyl (C=O) groups is 1. The van der Waals surface area contributed by atoms with Crippen LogP contribution in [0.15, 0.2) is 24.3 Å². The van der Waals surface area contributed by atoms with Crippen molar-refractivity contribution in [2.75, 3.05) is 5.32 Å². The zero-order valence-electron chi connectivity index (χ0n) is 10.8. The molecule has 0 spiro atoms. The lowest BCUT2D eigenvalue weighted by Gasteiger charge is -2.14. The van der Waals surface area contributed by atoms with E-state index in [-0.39, 0.29) is 5.82 Å². The first kappa shape index (κ1) is 15.2. The molecule has 20 heavy (non-hydrogen) atoms. The van der Waals surface area contributed by atoms with Crippen LogP contribution in [-0.4, -0.2) is 10.5 Å². The van der Waals surface area contributed by atoms with Gasteiger partial charge in [0.1, 0.15) is 14.8 Å². The van der Waals surface area contributed by atoms with Gasteiger partial charge in [0, 0.05) is 0 Å². The molecule has 1 atom stereocenters. The molecule has 0 unspecified atom stereocenters. The summed E-state index contributed by atoms with van der Waals surface area (Å²) in [5.41, 5.74) is 2.01. The van der Waals surface area contributed by atoms with Crippen LogP contribution in [0.4, 0.5) is 14.9 Å². The minimum absolute atomic E-state index is 0.356. The summed E-state index contributed by atoms with van der Waals surface area (Å²) in [4.78, 5) is 11.8. The largest absolute Gasteiger partial charge is 0.441 e. The van der Waals surface area contributed by atoms with Gasteiger partial charge in [-0.15, -0.1) is 0 Å². The van der Waals surface area contributed by atoms with Crippen LogP contribution < -0.4 is 5.32 Å². The van der Waals surface area contributed by atoms with Crippen molar-refractivity contribution in [3.8, 4) is 0 Å². The summed E-state index contributed by atoms with van der Waals surface area (Å²) in [7, 11) is 0. The van der Waals surface area contributed by atoms with Crippen molar-refractivity contribution in [1.29, 1.82) is 0 Å². The number of hydrogen-bond acceptors (Lipinski definition) is 4. The van der Waals surface area contributed by atoms with Crippen molar-refractivity contribution in [1.82, 2.24) is 4.37 Å². The normalized spacial score (nSPS) is 12.0. The van der Waals surface area contributed by atoms with Crippen molar-refractivity contribution >= 4 is 45.9 Å². The van der Waals surface area contributed by atoms with E-state index in [0.717, 1.165) is 8.58 Å². The predicted octanol–water partition coefficient (Wildman–Crippen LogP) is 4.50. The average Bonchev–Trinajstić information content (AvgIpc) is 2.70. The monoisotopic (exact) mass is 406 g/mol. The minimum Gasteiger partial charge on any atom is -0.441 e. The van der Waals surface area contributed by atoms with E-state index in [1.807, 2.05) is 6.92 Å². The predicted molar refractivity (Wildman–Crippen MR) is 84.5 cm³/mol. The topological polar surface area (TPSA) is 51.2 Å². The molecule has 1 amide bonds. The Morgan fingerprint density at radius 1 is 1.55 bits per heavy atom. The highest BCUT2D eigenvalue weighted by atomic mass is 127. The molecule has 1 aromatic carbocycles. The van der Waals surface area contributed by atoms with Gasteiger partial charge in [0.05, 0.1) is 11.4 Å². The van der Waals surface area contributed by atoms with E-state index in [4.69, 9.17) is 4.74 Å². The van der Waals surface area contributed by atoms with Crippen molar-refractivity contribution in [3.05, 3.63) is 44.2 Å². The number of halogens is 2. The van der Waals surface area contributed by atoms with Crippen LogP contribution in [0.1, 0.15) is 24.3 Å². The van der Waals surface area contributed by atoms with Gasteiger partial charge in [-0.05, 0) is 65.7 Å². The van der Waals surface area contributed by atoms with Crippen LogP contribution in [-0.2, 0) is 4.74 Å². The molecule has 0 bridgehead atoms. The molecule has 0 aliphatic carbocycles. The lowest BCUT2D eigenvalue weighted by Crippen LogP contribution is -2.16. The lowest BCUT2D eigenvalue weighted by atomic mass is 10.1. The molecule has 0 fully saturated rings. The smallest absolute Gasteiger partial charge is 0.412 e. The maximum absolute atomic E-state index is 13.1. The molecule has 1 heterocycles. The van der Waals surface area contributed by atoms with E-state index in [0.29, 0.717) is 11.3 Å². The Kier molecular flexibility index (Phi) is 4.92. The molecule has 1 aromatic heterocycles. The molecule has 7 heteroatoms. The Hall–Kier alpha value is -1.22. The molecule has 0 aliphatic rings. The number of aromatic nitrogens is 1. The Morgan fingerprint density at radius 3 is 2.90 bits per heavy atom. The number of nitrogens with zero attached hydrogens (tertiary/aromatic N) is 1. The maximum Gasteiger partial charge on any atom is 0.412 e. The van der Waals surface area contributed by atoms with Crippen LogP contribution in [0.3, 0.4) is 0 Å². The first-order valence-electron chi connectivity index (χ1n) is 5.82. The van der Waals surface area contributed by atoms with E-state index >= 15 is 0 Å². The minimum atomic E-state index is -0.581. The first-order valence-corrected chi connectivity index (χ1v) is 7.67. The second-order valence-electron chi connectivity index (χ2n) is 4.14. The Labute approximate surface area is 133 Å². The number of nitrogens with one attached hydrogen (secondary N) is 1. The third-order valence-corrected chi connectivity index (χ3v) is 4.51. The summed E-state index contributed by atoms with van der Waals surface area (Å²) >= 11 is 3.41. The van der Waals surface area contributed by atoms with Gasteiger partial charge in [0.25, 0.3) is 0 Å². The van der Waals surface area contributed by atoms with E-state index in [1.54, 1.807) is 19.1 Å². The molecule has 2 aromatic rings. The molecule has 0 aliphatic heterocycles. The van der Waals surface area contributed by atoms with Gasteiger partial charge in [-0.3, -0.25) is 5.32 Å². The van der Waals surface area contributed by atoms with Gasteiger partial charge < -0.3 is 4.74 Å². The van der Waals surface area contributed by atoms with Gasteiger partial charge >= 0.3 is 6.09 Å². The van der Waals surface area contributed by atoms with Gasteiger partial charge in [0.15, 0.2) is 0 Å². The summed E-state index contributed by atoms with van der Waals surface area (Å²) in [5.74, 6) is -0.356. The SMILES string of the molecule is Cc1nsc(I)c1NC(=O)O[C@H](C)c1cccc(F)c1. The standard InChI is InChI=1S/C13H12FIN2O2S/c1-7-11(12(15)20-17-7)16-13(18)19-8(2)9-4-3-5-10(14)6-9/h3-6,8H,1-2H3,(H,16,18)/t8-/m1/s1. The fourth-order valence-corrected chi connectivity index (χ4v) is 3.02. The van der Waals surface area contributed by atoms with Crippen LogP contribution in [0.25, 0.3) is 0 Å². The number of rotatable bonds is 3. The molecule has 1 N–H and O–H groups in total. The quantitative estimate of drug-likeness (QED) is 0.764. The fraction of sp³-hybridized carbons (Fsp3) is 0.231. The highest BCUT2D eigenvalue weighted by Crippen LogP contribution is 2.26. The van der Waals surface area contributed by atoms with E-state index < -0.39 is 12.2 Å². The number of aryl methyl sites for hydroxylation is 1. The van der Waals surface area contributed by atoms with Crippen molar-refractivity contribution in [3.63, 3.8) is 0 Å². The highest BCUT2D eigenvalue weighted by molar-refractivity contribution is 14.1. The van der Waals surface area contributed by atoms with Crippen LogP contribution in [0, 0.1) is 15.6 Å². The van der Waals surface area contributed by atoms with Crippen LogP contribution in [0.5, 0.6) is 0 Å². The molecule has 0 saturated heterocycles. The number of amides is 1. The summed E-state index contributed by atoms with van der Waals surface area (Å²) in [5, 5.41) is 2.66. The molecular formula is C13H12FIN2O2S. The number of benzene rings is 1. The van der Waals surface area contributed by atoms with Crippen molar-refractivity contribution in [2.24, 2.45) is 0 Å². The van der Waals surface area contributed by atoms with Crippen molar-refractivity contribution in [2.45, 2.75) is 20.0 Å². The molecule has 4 nitrogen and oxygen atoms in total. The third-order valence-electron chi connectivity index (χ3n) is 2.65. The lowest BCUT2D eigenvalue weighted by molar-refractivity contribution is 0.121. The number of hydrogen-bond donors (Lipinski definition) is 1. The van der Waals surface area contributed by atoms with E-state index in [9.17, 15) is 9.18 Å². The highest BCUT2D eigenvalue weighted by Gasteiger charge is 2.16. The third kappa shape index (κ3) is 3.66. The number of anilines is 1. The zero-order chi connectivity index (χ0) is 14.7. The molecule has 0 radical (unpaired) electrons. The maximum atomic E-state index is 13.1. The van der Waals surface area contributed by atoms with Gasteiger partial charge in [0.2, 0.25) is 0 Å². The van der Waals surface area contributed by atoms with Gasteiger partial charge in [-0.1, -0.05) is 12.1 Å². The second-order valence-corrected chi connectivity index (χ2v) is 6.73. The fourth-order valence-electron chi connectivity index (χ4n) is 1.60. The van der Waals surface area contributed by atoms with Gasteiger partial charge in [-0.2, -0.15) is 4.37 Å². The van der Waals surface area contributed by atoms with Gasteiger partial charge in [-0.25, -0.2) is 9.18 Å². The van der Waals surface area contributed by atoms with E-state index in [2.05, 4.69) is 32.3 Å².